The Balaban J connectivity index is 1.47. The first kappa shape index (κ1) is 34.3. The van der Waals surface area contributed by atoms with Crippen LogP contribution in [0.25, 0.3) is 11.1 Å². The zero-order valence-electron chi connectivity index (χ0n) is 27.7. The average Bonchev–Trinajstić information content (AvgIpc) is 3.06. The zero-order valence-corrected chi connectivity index (χ0v) is 29.5. The molecule has 0 bridgehead atoms. The van der Waals surface area contributed by atoms with Gasteiger partial charge in [-0.3, -0.25) is 0 Å². The van der Waals surface area contributed by atoms with Gasteiger partial charge >= 0.3 is 17.2 Å². The summed E-state index contributed by atoms with van der Waals surface area (Å²) in [5.74, 6) is 3.73. The fourth-order valence-electron chi connectivity index (χ4n) is 5.14. The predicted molar refractivity (Wildman–Crippen MR) is 193 cm³/mol. The highest BCUT2D eigenvalue weighted by molar-refractivity contribution is 7.43. The van der Waals surface area contributed by atoms with Crippen molar-refractivity contribution in [2.75, 3.05) is 0 Å². The second-order valence-corrected chi connectivity index (χ2v) is 13.8. The third kappa shape index (κ3) is 8.84. The average molecular weight is 669 g/mol. The topological polar surface area (TPSA) is 66.4 Å². The van der Waals surface area contributed by atoms with E-state index in [2.05, 4.69) is 53.7 Å². The molecule has 0 radical (unpaired) electrons. The highest BCUT2D eigenvalue weighted by Crippen LogP contribution is 2.50. The Morgan fingerprint density at radius 2 is 0.660 bits per heavy atom. The molecule has 1 atom stereocenters. The van der Waals surface area contributed by atoms with Crippen molar-refractivity contribution in [3.8, 4) is 39.9 Å². The summed E-state index contributed by atoms with van der Waals surface area (Å²) >= 11 is 0. The first-order valence-electron chi connectivity index (χ1n) is 15.9. The van der Waals surface area contributed by atoms with Crippen LogP contribution in [0, 0.1) is 0 Å². The van der Waals surface area contributed by atoms with Crippen LogP contribution in [-0.4, -0.2) is 4.89 Å². The molecule has 6 nitrogen and oxygen atoms in total. The van der Waals surface area contributed by atoms with Crippen LogP contribution in [0.5, 0.6) is 28.7 Å². The first-order valence-corrected chi connectivity index (χ1v) is 18.1. The summed E-state index contributed by atoms with van der Waals surface area (Å²) in [4.78, 5) is 11.0. The molecule has 5 aromatic carbocycles. The van der Waals surface area contributed by atoms with E-state index in [1.807, 2.05) is 109 Å². The number of para-hydroxylation sites is 5. The van der Waals surface area contributed by atoms with E-state index < -0.39 is 17.2 Å². The quantitative estimate of drug-likeness (QED) is 0.119. The van der Waals surface area contributed by atoms with Gasteiger partial charge in [0.25, 0.3) is 0 Å². The molecule has 0 aliphatic heterocycles. The molecule has 0 amide bonds. The maximum Gasteiger partial charge on any atom is 0.530 e. The second kappa shape index (κ2) is 16.2. The Bertz CT molecular complexity index is 1700. The van der Waals surface area contributed by atoms with Crippen LogP contribution in [0.1, 0.15) is 76.0 Å². The predicted octanol–water partition coefficient (Wildman–Crippen LogP) is 12.2. The molecule has 0 spiro atoms. The summed E-state index contributed by atoms with van der Waals surface area (Å²) in [5.41, 5.74) is 4.60. The van der Waals surface area contributed by atoms with Gasteiger partial charge in [-0.15, -0.1) is 0 Å². The Hall–Kier alpha value is -4.08. The molecular weight excluding hydrogens is 626 g/mol. The van der Waals surface area contributed by atoms with E-state index >= 15 is 0 Å². The van der Waals surface area contributed by atoms with Gasteiger partial charge in [-0.2, -0.15) is 0 Å². The number of benzene rings is 5. The Labute approximate surface area is 281 Å². The normalized spacial score (nSPS) is 12.0. The molecule has 8 heteroatoms. The minimum absolute atomic E-state index is 0.227. The molecule has 0 aromatic heterocycles. The van der Waals surface area contributed by atoms with E-state index in [-0.39, 0.29) is 17.8 Å². The number of rotatable bonds is 14. The maximum absolute atomic E-state index is 11.0. The lowest BCUT2D eigenvalue weighted by Crippen LogP contribution is -2.06. The van der Waals surface area contributed by atoms with E-state index in [1.165, 1.54) is 0 Å². The van der Waals surface area contributed by atoms with Crippen molar-refractivity contribution in [3.63, 3.8) is 0 Å². The molecule has 47 heavy (non-hydrogen) atoms. The van der Waals surface area contributed by atoms with Crippen LogP contribution in [0.3, 0.4) is 0 Å². The first-order chi connectivity index (χ1) is 22.7. The van der Waals surface area contributed by atoms with E-state index in [1.54, 1.807) is 0 Å². The van der Waals surface area contributed by atoms with Crippen LogP contribution < -0.4 is 22.6 Å². The Morgan fingerprint density at radius 3 is 1.06 bits per heavy atom. The smallest absolute Gasteiger partial charge is 0.418 e. The molecule has 1 N–H and O–H groups in total. The highest BCUT2D eigenvalue weighted by atomic mass is 31.2. The van der Waals surface area contributed by atoms with Gasteiger partial charge in [0, 0.05) is 11.1 Å². The summed E-state index contributed by atoms with van der Waals surface area (Å²) < 4.78 is 31.8. The van der Waals surface area contributed by atoms with Crippen molar-refractivity contribution >= 4 is 17.2 Å². The van der Waals surface area contributed by atoms with Gasteiger partial charge in [0.1, 0.15) is 28.7 Å². The third-order valence-electron chi connectivity index (χ3n) is 7.56. The fourth-order valence-corrected chi connectivity index (χ4v) is 6.93. The molecule has 1 unspecified atom stereocenters. The molecule has 0 saturated carbocycles. The van der Waals surface area contributed by atoms with Crippen LogP contribution in [0.2, 0.25) is 0 Å². The maximum atomic E-state index is 11.0. The van der Waals surface area contributed by atoms with Crippen molar-refractivity contribution in [1.82, 2.24) is 0 Å². The zero-order chi connectivity index (χ0) is 33.3. The molecule has 0 saturated heterocycles. The van der Waals surface area contributed by atoms with Crippen molar-refractivity contribution in [3.05, 3.63) is 138 Å². The SMILES string of the molecule is CC(C)c1ccccc1OP(O)Oc1ccccc1-c1ccccc1OP(Oc1ccccc1C(C)C)Oc1ccccc1C(C)C. The van der Waals surface area contributed by atoms with Gasteiger partial charge in [-0.25, -0.2) is 0 Å². The Kier molecular flexibility index (Phi) is 11.8. The minimum Gasteiger partial charge on any atom is -0.418 e. The van der Waals surface area contributed by atoms with Crippen molar-refractivity contribution in [2.45, 2.75) is 59.3 Å². The monoisotopic (exact) mass is 668 g/mol. The van der Waals surface area contributed by atoms with E-state index in [0.717, 1.165) is 27.8 Å². The van der Waals surface area contributed by atoms with E-state index in [9.17, 15) is 4.89 Å². The van der Waals surface area contributed by atoms with Gasteiger partial charge in [0.15, 0.2) is 0 Å². The summed E-state index contributed by atoms with van der Waals surface area (Å²) in [6, 6.07) is 38.8. The van der Waals surface area contributed by atoms with Crippen LogP contribution >= 0.6 is 17.2 Å². The van der Waals surface area contributed by atoms with Crippen LogP contribution in [0.15, 0.2) is 121 Å². The molecule has 0 aliphatic rings. The number of hydrogen-bond acceptors (Lipinski definition) is 6. The largest absolute Gasteiger partial charge is 0.530 e. The van der Waals surface area contributed by atoms with Gasteiger partial charge in [-0.1, -0.05) is 133 Å². The highest BCUT2D eigenvalue weighted by Gasteiger charge is 2.26. The summed E-state index contributed by atoms with van der Waals surface area (Å²) in [6.07, 6.45) is 0. The molecule has 0 heterocycles. The summed E-state index contributed by atoms with van der Waals surface area (Å²) in [5, 5.41) is 0. The van der Waals surface area contributed by atoms with Gasteiger partial charge in [0.2, 0.25) is 0 Å². The lowest BCUT2D eigenvalue weighted by atomic mass is 10.0. The molecule has 244 valence electrons. The van der Waals surface area contributed by atoms with Crippen molar-refractivity contribution in [1.29, 1.82) is 0 Å². The van der Waals surface area contributed by atoms with Gasteiger partial charge < -0.3 is 27.5 Å². The van der Waals surface area contributed by atoms with Crippen LogP contribution in [-0.2, 0) is 0 Å². The van der Waals surface area contributed by atoms with Gasteiger partial charge in [0.05, 0.1) is 0 Å². The lowest BCUT2D eigenvalue weighted by molar-refractivity contribution is 0.378. The second-order valence-electron chi connectivity index (χ2n) is 12.0. The van der Waals surface area contributed by atoms with E-state index in [4.69, 9.17) is 22.6 Å². The molecular formula is C39H42O6P2. The minimum atomic E-state index is -2.28. The Morgan fingerprint density at radius 1 is 0.383 bits per heavy atom. The fraction of sp³-hybridized carbons (Fsp3) is 0.231. The molecule has 0 aliphatic carbocycles. The summed E-state index contributed by atoms with van der Waals surface area (Å²) in [6.45, 7) is 12.7. The number of hydrogen-bond donors (Lipinski definition) is 1. The standard InChI is InChI=1S/C39H42O6P2/c1-27(2)30-17-7-12-22-35(30)41-46(40)42-38-25-15-10-20-33(38)34-21-11-16-26-39(34)45-47(43-36-23-13-8-18-31(36)28(3)4)44-37-24-14-9-19-32(37)29(5)6/h7-29,40H,1-6H3. The lowest BCUT2D eigenvalue weighted by Gasteiger charge is -2.23. The molecule has 0 fully saturated rings. The van der Waals surface area contributed by atoms with Crippen molar-refractivity contribution in [2.24, 2.45) is 0 Å². The summed E-state index contributed by atoms with van der Waals surface area (Å²) in [7, 11) is -4.24. The molecule has 5 aromatic rings. The van der Waals surface area contributed by atoms with Crippen LogP contribution in [0.4, 0.5) is 0 Å². The molecule has 5 rings (SSSR count). The third-order valence-corrected chi connectivity index (χ3v) is 9.30. The van der Waals surface area contributed by atoms with Gasteiger partial charge in [-0.05, 0) is 64.8 Å². The van der Waals surface area contributed by atoms with E-state index in [0.29, 0.717) is 28.7 Å². The van der Waals surface area contributed by atoms with Crippen molar-refractivity contribution < 1.29 is 27.5 Å².